The molecule has 3 amide bonds. The molecule has 1 atom stereocenters. The lowest BCUT2D eigenvalue weighted by Crippen LogP contribution is -2.46. The largest absolute Gasteiger partial charge is 0.454 e. The van der Waals surface area contributed by atoms with Crippen LogP contribution in [0.15, 0.2) is 24.3 Å². The average molecular weight is 378 g/mol. The van der Waals surface area contributed by atoms with E-state index >= 15 is 0 Å². The maximum Gasteiger partial charge on any atom is 0.329 e. The van der Waals surface area contributed by atoms with Crippen molar-refractivity contribution in [2.45, 2.75) is 25.8 Å². The van der Waals surface area contributed by atoms with Gasteiger partial charge in [-0.15, -0.1) is 0 Å². The topological polar surface area (TPSA) is 92.8 Å². The molecule has 1 heterocycles. The number of esters is 1. The van der Waals surface area contributed by atoms with Crippen LogP contribution in [0, 0.1) is 0 Å². The van der Waals surface area contributed by atoms with Crippen molar-refractivity contribution in [2.24, 2.45) is 0 Å². The van der Waals surface area contributed by atoms with Gasteiger partial charge in [-0.1, -0.05) is 19.1 Å². The van der Waals surface area contributed by atoms with Crippen molar-refractivity contribution in [1.82, 2.24) is 10.2 Å². The summed E-state index contributed by atoms with van der Waals surface area (Å²) in [6.07, 6.45) is 2.90. The Morgan fingerprint density at radius 2 is 1.81 bits per heavy atom. The van der Waals surface area contributed by atoms with E-state index in [1.54, 1.807) is 24.3 Å². The van der Waals surface area contributed by atoms with Gasteiger partial charge >= 0.3 is 5.97 Å². The van der Waals surface area contributed by atoms with E-state index in [9.17, 15) is 19.2 Å². The van der Waals surface area contributed by atoms with Crippen molar-refractivity contribution >= 4 is 35.5 Å². The monoisotopic (exact) mass is 378 g/mol. The molecule has 1 N–H and O–H groups in total. The van der Waals surface area contributed by atoms with Gasteiger partial charge < -0.3 is 10.1 Å². The normalized spacial score (nSPS) is 14.2. The standard InChI is InChI=1S/C18H22N2O5S/c1-3-9-19-15(21)11-25-18(24)14(8-10-26-2)20-16(22)12-6-4-5-7-13(12)17(20)23/h4-7,14H,3,8-11H2,1-2H3,(H,19,21)/t14-/m1/s1. The van der Waals surface area contributed by atoms with Crippen molar-refractivity contribution < 1.29 is 23.9 Å². The number of rotatable bonds is 9. The average Bonchev–Trinajstić information content (AvgIpc) is 2.90. The summed E-state index contributed by atoms with van der Waals surface area (Å²) in [6, 6.07) is 5.41. The summed E-state index contributed by atoms with van der Waals surface area (Å²) in [5, 5.41) is 2.60. The van der Waals surface area contributed by atoms with E-state index in [-0.39, 0.29) is 17.5 Å². The summed E-state index contributed by atoms with van der Waals surface area (Å²) in [4.78, 5) is 50.3. The number of ether oxygens (including phenoxy) is 1. The van der Waals surface area contributed by atoms with Gasteiger partial charge in [0.1, 0.15) is 6.04 Å². The Balaban J connectivity index is 2.12. The fraction of sp³-hybridized carbons (Fsp3) is 0.444. The second-order valence-electron chi connectivity index (χ2n) is 5.78. The maximum atomic E-state index is 12.6. The minimum absolute atomic E-state index is 0.266. The summed E-state index contributed by atoms with van der Waals surface area (Å²) in [6.45, 7) is 1.97. The highest BCUT2D eigenvalue weighted by Crippen LogP contribution is 2.26. The molecular formula is C18H22N2O5S. The van der Waals surface area contributed by atoms with Crippen molar-refractivity contribution in [2.75, 3.05) is 25.2 Å². The summed E-state index contributed by atoms with van der Waals surface area (Å²) >= 11 is 1.49. The number of hydrogen-bond donors (Lipinski definition) is 1. The van der Waals surface area contributed by atoms with E-state index in [2.05, 4.69) is 5.32 Å². The molecule has 2 rings (SSSR count). The SMILES string of the molecule is CCCNC(=O)COC(=O)[C@@H](CCSC)N1C(=O)c2ccccc2C1=O. The first-order chi connectivity index (χ1) is 12.5. The van der Waals surface area contributed by atoms with E-state index in [0.717, 1.165) is 11.3 Å². The van der Waals surface area contributed by atoms with Crippen LogP contribution >= 0.6 is 11.8 Å². The molecular weight excluding hydrogens is 356 g/mol. The van der Waals surface area contributed by atoms with Crippen molar-refractivity contribution in [3.8, 4) is 0 Å². The molecule has 0 saturated carbocycles. The number of nitrogens with zero attached hydrogens (tertiary/aromatic N) is 1. The molecule has 0 unspecified atom stereocenters. The number of hydrogen-bond acceptors (Lipinski definition) is 6. The number of fused-ring (bicyclic) bond motifs is 1. The molecule has 8 heteroatoms. The first kappa shape index (κ1) is 20.0. The van der Waals surface area contributed by atoms with Crippen LogP contribution in [0.25, 0.3) is 0 Å². The minimum atomic E-state index is -1.05. The molecule has 1 aromatic carbocycles. The molecule has 7 nitrogen and oxygen atoms in total. The molecule has 26 heavy (non-hydrogen) atoms. The number of amides is 3. The Kier molecular flexibility index (Phi) is 7.20. The van der Waals surface area contributed by atoms with E-state index in [0.29, 0.717) is 12.3 Å². The third kappa shape index (κ3) is 4.43. The lowest BCUT2D eigenvalue weighted by molar-refractivity contribution is -0.152. The smallest absolute Gasteiger partial charge is 0.329 e. The quantitative estimate of drug-likeness (QED) is 0.517. The first-order valence-corrected chi connectivity index (χ1v) is 9.79. The highest BCUT2D eigenvalue weighted by molar-refractivity contribution is 7.98. The second kappa shape index (κ2) is 9.38. The lowest BCUT2D eigenvalue weighted by atomic mass is 10.1. The minimum Gasteiger partial charge on any atom is -0.454 e. The predicted molar refractivity (Wildman–Crippen MR) is 98.0 cm³/mol. The lowest BCUT2D eigenvalue weighted by Gasteiger charge is -2.24. The van der Waals surface area contributed by atoms with Gasteiger partial charge in [-0.2, -0.15) is 11.8 Å². The van der Waals surface area contributed by atoms with Crippen LogP contribution in [0.1, 0.15) is 40.5 Å². The zero-order valence-electron chi connectivity index (χ0n) is 14.8. The van der Waals surface area contributed by atoms with Crippen molar-refractivity contribution in [3.63, 3.8) is 0 Å². The summed E-state index contributed by atoms with van der Waals surface area (Å²) < 4.78 is 5.06. The van der Waals surface area contributed by atoms with E-state index in [4.69, 9.17) is 4.74 Å². The first-order valence-electron chi connectivity index (χ1n) is 8.40. The predicted octanol–water partition coefficient (Wildman–Crippen LogP) is 1.47. The number of carbonyl (C=O) groups is 4. The molecule has 0 aliphatic carbocycles. The Morgan fingerprint density at radius 1 is 1.19 bits per heavy atom. The van der Waals surface area contributed by atoms with Gasteiger partial charge in [0.2, 0.25) is 0 Å². The van der Waals surface area contributed by atoms with Crippen LogP contribution in [-0.4, -0.2) is 59.8 Å². The number of nitrogens with one attached hydrogen (secondary N) is 1. The van der Waals surface area contributed by atoms with Crippen LogP contribution in [0.5, 0.6) is 0 Å². The number of carbonyl (C=O) groups excluding carboxylic acids is 4. The van der Waals surface area contributed by atoms with Crippen molar-refractivity contribution in [1.29, 1.82) is 0 Å². The highest BCUT2D eigenvalue weighted by Gasteiger charge is 2.43. The molecule has 0 fully saturated rings. The molecule has 1 aliphatic rings. The van der Waals surface area contributed by atoms with Gasteiger partial charge in [-0.25, -0.2) is 4.79 Å². The van der Waals surface area contributed by atoms with Gasteiger partial charge in [-0.3, -0.25) is 19.3 Å². The van der Waals surface area contributed by atoms with E-state index in [1.165, 1.54) is 11.8 Å². The number of imide groups is 1. The summed E-state index contributed by atoms with van der Waals surface area (Å²) in [5.74, 6) is -1.62. The third-order valence-corrected chi connectivity index (χ3v) is 4.57. The summed E-state index contributed by atoms with van der Waals surface area (Å²) in [5.41, 5.74) is 0.556. The van der Waals surface area contributed by atoms with Gasteiger partial charge in [0.15, 0.2) is 6.61 Å². The van der Waals surface area contributed by atoms with E-state index < -0.39 is 36.3 Å². The van der Waals surface area contributed by atoms with E-state index in [1.807, 2.05) is 13.2 Å². The molecule has 1 aromatic rings. The molecule has 0 aromatic heterocycles. The molecule has 0 saturated heterocycles. The molecule has 0 bridgehead atoms. The molecule has 0 spiro atoms. The Morgan fingerprint density at radius 3 is 2.35 bits per heavy atom. The van der Waals surface area contributed by atoms with Crippen LogP contribution in [0.3, 0.4) is 0 Å². The van der Waals surface area contributed by atoms with Crippen molar-refractivity contribution in [3.05, 3.63) is 35.4 Å². The van der Waals surface area contributed by atoms with Gasteiger partial charge in [0.05, 0.1) is 11.1 Å². The fourth-order valence-electron chi connectivity index (χ4n) is 2.62. The molecule has 1 aliphatic heterocycles. The highest BCUT2D eigenvalue weighted by atomic mass is 32.2. The zero-order valence-corrected chi connectivity index (χ0v) is 15.6. The van der Waals surface area contributed by atoms with Crippen LogP contribution in [-0.2, 0) is 14.3 Å². The fourth-order valence-corrected chi connectivity index (χ4v) is 3.08. The molecule has 140 valence electrons. The van der Waals surface area contributed by atoms with Crippen LogP contribution < -0.4 is 5.32 Å². The number of benzene rings is 1. The summed E-state index contributed by atoms with van der Waals surface area (Å²) in [7, 11) is 0. The zero-order chi connectivity index (χ0) is 19.1. The Labute approximate surface area is 156 Å². The van der Waals surface area contributed by atoms with Gasteiger partial charge in [0.25, 0.3) is 17.7 Å². The Hall–Kier alpha value is -2.35. The molecule has 0 radical (unpaired) electrons. The Bertz CT molecular complexity index is 672. The second-order valence-corrected chi connectivity index (χ2v) is 6.77. The maximum absolute atomic E-state index is 12.6. The third-order valence-electron chi connectivity index (χ3n) is 3.92. The van der Waals surface area contributed by atoms with Crippen LogP contribution in [0.2, 0.25) is 0 Å². The van der Waals surface area contributed by atoms with Gasteiger partial charge in [-0.05, 0) is 37.0 Å². The number of thioether (sulfide) groups is 1. The van der Waals surface area contributed by atoms with Gasteiger partial charge in [0, 0.05) is 6.54 Å². The van der Waals surface area contributed by atoms with Crippen LogP contribution in [0.4, 0.5) is 0 Å².